The lowest BCUT2D eigenvalue weighted by Crippen LogP contribution is -2.16. The number of phenols is 1. The maximum atomic E-state index is 9.98. The zero-order chi connectivity index (χ0) is 12.1. The van der Waals surface area contributed by atoms with Gasteiger partial charge in [-0.1, -0.05) is 26.0 Å². The average Bonchev–Trinajstić information content (AvgIpc) is 2.24. The molecule has 0 aliphatic carbocycles. The first-order chi connectivity index (χ1) is 7.57. The number of phenolic OH excluding ortho intramolecular Hbond substituents is 1. The van der Waals surface area contributed by atoms with Gasteiger partial charge in [-0.2, -0.15) is 0 Å². The van der Waals surface area contributed by atoms with Crippen LogP contribution in [-0.4, -0.2) is 25.3 Å². The molecule has 0 atom stereocenters. The molecule has 0 aromatic heterocycles. The predicted octanol–water partition coefficient (Wildman–Crippen LogP) is 2.42. The number of hydrogen-bond acceptors (Lipinski definition) is 3. The number of nitrogens with one attached hydrogen (secondary N) is 1. The molecule has 16 heavy (non-hydrogen) atoms. The van der Waals surface area contributed by atoms with Gasteiger partial charge in [-0.15, -0.1) is 0 Å². The Labute approximate surface area is 97.4 Å². The van der Waals surface area contributed by atoms with E-state index in [1.165, 1.54) is 0 Å². The van der Waals surface area contributed by atoms with Gasteiger partial charge in [0, 0.05) is 12.1 Å². The highest BCUT2D eigenvalue weighted by Gasteiger charge is 2.14. The molecular formula is C13H21NO2. The minimum Gasteiger partial charge on any atom is -0.504 e. The van der Waals surface area contributed by atoms with E-state index in [2.05, 4.69) is 19.2 Å². The van der Waals surface area contributed by atoms with E-state index in [-0.39, 0.29) is 5.75 Å². The molecule has 1 rings (SSSR count). The summed E-state index contributed by atoms with van der Waals surface area (Å²) in [5.74, 6) is 1.24. The third kappa shape index (κ3) is 2.89. The minimum atomic E-state index is 0.266. The molecule has 0 fully saturated rings. The zero-order valence-electron chi connectivity index (χ0n) is 10.5. The van der Waals surface area contributed by atoms with E-state index in [1.807, 2.05) is 26.1 Å². The van der Waals surface area contributed by atoms with Crippen molar-refractivity contribution < 1.29 is 9.84 Å². The van der Waals surface area contributed by atoms with Crippen LogP contribution in [-0.2, 0) is 0 Å². The van der Waals surface area contributed by atoms with Gasteiger partial charge in [-0.05, 0) is 25.5 Å². The van der Waals surface area contributed by atoms with E-state index >= 15 is 0 Å². The fraction of sp³-hybridized carbons (Fsp3) is 0.538. The molecule has 0 spiro atoms. The van der Waals surface area contributed by atoms with Crippen LogP contribution >= 0.6 is 0 Å². The van der Waals surface area contributed by atoms with Crippen molar-refractivity contribution in [2.75, 3.05) is 20.2 Å². The molecule has 0 saturated heterocycles. The van der Waals surface area contributed by atoms with E-state index in [9.17, 15) is 5.11 Å². The molecule has 1 aromatic carbocycles. The summed E-state index contributed by atoms with van der Waals surface area (Å²) in [7, 11) is 1.88. The van der Waals surface area contributed by atoms with Gasteiger partial charge in [0.05, 0.1) is 0 Å². The maximum Gasteiger partial charge on any atom is 0.164 e. The number of ether oxygens (including phenoxy) is 1. The Morgan fingerprint density at radius 2 is 2.06 bits per heavy atom. The molecule has 1 aromatic rings. The average molecular weight is 223 g/mol. The lowest BCUT2D eigenvalue weighted by molar-refractivity contribution is 0.295. The fourth-order valence-electron chi connectivity index (χ4n) is 1.55. The molecule has 2 N–H and O–H groups in total. The molecule has 0 radical (unpaired) electrons. The summed E-state index contributed by atoms with van der Waals surface area (Å²) in [6.45, 7) is 7.40. The second kappa shape index (κ2) is 5.75. The number of aryl methyl sites for hydroxylation is 1. The summed E-state index contributed by atoms with van der Waals surface area (Å²) in [5.41, 5.74) is 1.91. The normalized spacial score (nSPS) is 10.8. The van der Waals surface area contributed by atoms with Crippen LogP contribution in [0.15, 0.2) is 12.1 Å². The number of hydrogen-bond donors (Lipinski definition) is 2. The summed E-state index contributed by atoms with van der Waals surface area (Å²) >= 11 is 0. The molecule has 3 nitrogen and oxygen atoms in total. The molecule has 0 bridgehead atoms. The smallest absolute Gasteiger partial charge is 0.164 e. The second-order valence-electron chi connectivity index (χ2n) is 4.26. The zero-order valence-corrected chi connectivity index (χ0v) is 10.5. The van der Waals surface area contributed by atoms with Crippen molar-refractivity contribution in [1.82, 2.24) is 5.32 Å². The molecule has 0 heterocycles. The Kier molecular flexibility index (Phi) is 4.62. The highest BCUT2D eigenvalue weighted by molar-refractivity contribution is 5.51. The summed E-state index contributed by atoms with van der Waals surface area (Å²) in [6.07, 6.45) is 0. The Morgan fingerprint density at radius 3 is 2.62 bits per heavy atom. The van der Waals surface area contributed by atoms with Crippen molar-refractivity contribution in [3.05, 3.63) is 23.3 Å². The lowest BCUT2D eigenvalue weighted by atomic mass is 10.00. The van der Waals surface area contributed by atoms with Crippen LogP contribution in [0.4, 0.5) is 0 Å². The van der Waals surface area contributed by atoms with Gasteiger partial charge in [0.2, 0.25) is 0 Å². The van der Waals surface area contributed by atoms with Gasteiger partial charge in [-0.25, -0.2) is 0 Å². The van der Waals surface area contributed by atoms with Gasteiger partial charge in [0.1, 0.15) is 6.61 Å². The first-order valence-electron chi connectivity index (χ1n) is 5.67. The molecule has 0 amide bonds. The molecule has 0 aliphatic rings. The first kappa shape index (κ1) is 12.8. The second-order valence-corrected chi connectivity index (χ2v) is 4.26. The maximum absolute atomic E-state index is 9.98. The third-order valence-electron chi connectivity index (χ3n) is 2.58. The van der Waals surface area contributed by atoms with Crippen molar-refractivity contribution in [1.29, 1.82) is 0 Å². The van der Waals surface area contributed by atoms with E-state index in [0.29, 0.717) is 18.3 Å². The number of rotatable bonds is 5. The standard InChI is InChI=1S/C13H21NO2/c1-9(2)11-6-5-10(3)12(15)13(11)16-8-7-14-4/h5-6,9,14-15H,7-8H2,1-4H3. The number of likely N-dealkylation sites (N-methyl/N-ethyl adjacent to an activating group) is 1. The van der Waals surface area contributed by atoms with Gasteiger partial charge in [-0.3, -0.25) is 0 Å². The summed E-state index contributed by atoms with van der Waals surface area (Å²) in [5, 5.41) is 13.0. The molecule has 3 heteroatoms. The van der Waals surface area contributed by atoms with Gasteiger partial charge < -0.3 is 15.2 Å². The summed E-state index contributed by atoms with van der Waals surface area (Å²) < 4.78 is 5.64. The van der Waals surface area contributed by atoms with Gasteiger partial charge in [0.25, 0.3) is 0 Å². The molecule has 90 valence electrons. The Balaban J connectivity index is 2.96. The molecule has 0 aliphatic heterocycles. The van der Waals surface area contributed by atoms with Crippen LogP contribution < -0.4 is 10.1 Å². The van der Waals surface area contributed by atoms with Crippen molar-refractivity contribution in [2.24, 2.45) is 0 Å². The fourth-order valence-corrected chi connectivity index (χ4v) is 1.55. The van der Waals surface area contributed by atoms with Crippen LogP contribution in [0, 0.1) is 6.92 Å². The van der Waals surface area contributed by atoms with Crippen molar-refractivity contribution >= 4 is 0 Å². The highest BCUT2D eigenvalue weighted by Crippen LogP contribution is 2.37. The summed E-state index contributed by atoms with van der Waals surface area (Å²) in [6, 6.07) is 3.95. The quantitative estimate of drug-likeness (QED) is 0.753. The molecule has 0 unspecified atom stereocenters. The Morgan fingerprint density at radius 1 is 1.38 bits per heavy atom. The van der Waals surface area contributed by atoms with E-state index in [4.69, 9.17) is 4.74 Å². The Hall–Kier alpha value is -1.22. The minimum absolute atomic E-state index is 0.266. The van der Waals surface area contributed by atoms with E-state index < -0.39 is 0 Å². The Bertz CT molecular complexity index is 348. The summed E-state index contributed by atoms with van der Waals surface area (Å²) in [4.78, 5) is 0. The predicted molar refractivity (Wildman–Crippen MR) is 66.4 cm³/mol. The van der Waals surface area contributed by atoms with Crippen LogP contribution in [0.25, 0.3) is 0 Å². The first-order valence-corrected chi connectivity index (χ1v) is 5.67. The SMILES string of the molecule is CNCCOc1c(C(C)C)ccc(C)c1O. The molecular weight excluding hydrogens is 202 g/mol. The third-order valence-corrected chi connectivity index (χ3v) is 2.58. The lowest BCUT2D eigenvalue weighted by Gasteiger charge is -2.16. The van der Waals surface area contributed by atoms with Crippen LogP contribution in [0.1, 0.15) is 30.9 Å². The van der Waals surface area contributed by atoms with Crippen molar-refractivity contribution in [3.8, 4) is 11.5 Å². The van der Waals surface area contributed by atoms with Gasteiger partial charge in [0.15, 0.2) is 11.5 Å². The van der Waals surface area contributed by atoms with E-state index in [1.54, 1.807) is 0 Å². The van der Waals surface area contributed by atoms with Crippen LogP contribution in [0.2, 0.25) is 0 Å². The number of aromatic hydroxyl groups is 1. The van der Waals surface area contributed by atoms with Crippen LogP contribution in [0.3, 0.4) is 0 Å². The van der Waals surface area contributed by atoms with Crippen molar-refractivity contribution in [2.45, 2.75) is 26.7 Å². The largest absolute Gasteiger partial charge is 0.504 e. The van der Waals surface area contributed by atoms with Gasteiger partial charge >= 0.3 is 0 Å². The van der Waals surface area contributed by atoms with Crippen LogP contribution in [0.5, 0.6) is 11.5 Å². The van der Waals surface area contributed by atoms with E-state index in [0.717, 1.165) is 17.7 Å². The highest BCUT2D eigenvalue weighted by atomic mass is 16.5. The topological polar surface area (TPSA) is 41.5 Å². The molecule has 0 saturated carbocycles. The number of benzene rings is 1. The van der Waals surface area contributed by atoms with Crippen molar-refractivity contribution in [3.63, 3.8) is 0 Å². The monoisotopic (exact) mass is 223 g/mol.